The van der Waals surface area contributed by atoms with Gasteiger partial charge in [-0.05, 0) is 25.1 Å². The number of ether oxygens (including phenoxy) is 2. The number of benzene rings is 1. The lowest BCUT2D eigenvalue weighted by Gasteiger charge is -2.18. The second-order valence-electron chi connectivity index (χ2n) is 7.14. The molecule has 3 heterocycles. The van der Waals surface area contributed by atoms with Gasteiger partial charge in [0.25, 0.3) is 5.56 Å². The number of aliphatic hydroxyl groups is 3. The number of H-pyrrole nitrogens is 1. The topological polar surface area (TPSA) is 193 Å². The van der Waals surface area contributed by atoms with E-state index in [0.29, 0.717) is 17.9 Å². The van der Waals surface area contributed by atoms with E-state index in [9.17, 15) is 20.1 Å². The van der Waals surface area contributed by atoms with Crippen LogP contribution in [0.25, 0.3) is 11.2 Å². The number of hydrogen-bond donors (Lipinski definition) is 6. The quantitative estimate of drug-likeness (QED) is 0.180. The van der Waals surface area contributed by atoms with E-state index < -0.39 is 36.7 Å². The van der Waals surface area contributed by atoms with Gasteiger partial charge in [-0.25, -0.2) is 10.4 Å². The summed E-state index contributed by atoms with van der Waals surface area (Å²) in [5.41, 5.74) is 8.36. The third-order valence-electron chi connectivity index (χ3n) is 4.98. The second kappa shape index (κ2) is 9.44. The van der Waals surface area contributed by atoms with Crippen LogP contribution in [0.2, 0.25) is 0 Å². The first-order chi connectivity index (χ1) is 15.8. The molecule has 1 aliphatic heterocycles. The van der Waals surface area contributed by atoms with Gasteiger partial charge >= 0.3 is 0 Å². The van der Waals surface area contributed by atoms with Gasteiger partial charge in [0.1, 0.15) is 24.1 Å². The van der Waals surface area contributed by atoms with Crippen molar-refractivity contribution in [3.8, 4) is 5.75 Å². The second-order valence-corrected chi connectivity index (χ2v) is 8.06. The Hall–Kier alpha value is -3.04. The minimum absolute atomic E-state index is 0.00116. The predicted molar refractivity (Wildman–Crippen MR) is 122 cm³/mol. The number of aromatic nitrogens is 4. The molecule has 0 saturated carbocycles. The standard InChI is InChI=1S/C19H22BrN7O6/c1-2-32-10-4-3-9(20)5-8(10)6-22-26-19-23-12-15(24-18(21)25-16(12)31)27(19)17-14(30)13(29)11(7-28)33-17/h3-6,11,13-14,17,28-30H,2,7H2,1H3,(H,23,26)(H3,21,24,25,31)/b22-6-/t11-,13+,14+,17-/m1/s1. The van der Waals surface area contributed by atoms with E-state index >= 15 is 0 Å². The minimum Gasteiger partial charge on any atom is -0.493 e. The lowest BCUT2D eigenvalue weighted by molar-refractivity contribution is -0.0501. The lowest BCUT2D eigenvalue weighted by Crippen LogP contribution is -2.33. The summed E-state index contributed by atoms with van der Waals surface area (Å²) in [6, 6.07) is 5.42. The molecule has 1 aliphatic rings. The molecule has 0 spiro atoms. The molecule has 1 fully saturated rings. The maximum Gasteiger partial charge on any atom is 0.280 e. The third kappa shape index (κ3) is 4.43. The number of imidazole rings is 1. The number of anilines is 2. The summed E-state index contributed by atoms with van der Waals surface area (Å²) >= 11 is 3.40. The molecule has 3 aromatic rings. The predicted octanol–water partition coefficient (Wildman–Crippen LogP) is -0.0795. The monoisotopic (exact) mass is 523 g/mol. The van der Waals surface area contributed by atoms with Crippen LogP contribution in [0.4, 0.5) is 11.9 Å². The summed E-state index contributed by atoms with van der Waals surface area (Å²) in [4.78, 5) is 23.0. The smallest absolute Gasteiger partial charge is 0.280 e. The molecule has 0 bridgehead atoms. The Morgan fingerprint density at radius 3 is 2.88 bits per heavy atom. The molecule has 0 unspecified atom stereocenters. The molecule has 2 aromatic heterocycles. The van der Waals surface area contributed by atoms with Crippen LogP contribution in [-0.2, 0) is 4.74 Å². The number of nitrogen functional groups attached to an aromatic ring is 1. The van der Waals surface area contributed by atoms with Crippen LogP contribution in [0.1, 0.15) is 18.7 Å². The van der Waals surface area contributed by atoms with Gasteiger partial charge in [-0.15, -0.1) is 0 Å². The van der Waals surface area contributed by atoms with Crippen molar-refractivity contribution < 1.29 is 24.8 Å². The molecule has 1 aromatic carbocycles. The zero-order valence-electron chi connectivity index (χ0n) is 17.3. The molecule has 4 rings (SSSR count). The van der Waals surface area contributed by atoms with Gasteiger partial charge in [0.2, 0.25) is 11.9 Å². The molecule has 4 atom stereocenters. The van der Waals surface area contributed by atoms with Gasteiger partial charge in [0.15, 0.2) is 17.4 Å². The largest absolute Gasteiger partial charge is 0.493 e. The number of fused-ring (bicyclic) bond motifs is 1. The highest BCUT2D eigenvalue weighted by atomic mass is 79.9. The summed E-state index contributed by atoms with van der Waals surface area (Å²) < 4.78 is 13.3. The molecular formula is C19H22BrN7O6. The van der Waals surface area contributed by atoms with E-state index in [1.165, 1.54) is 10.8 Å². The van der Waals surface area contributed by atoms with E-state index in [0.717, 1.165) is 4.47 Å². The van der Waals surface area contributed by atoms with Crippen molar-refractivity contribution in [2.24, 2.45) is 5.10 Å². The van der Waals surface area contributed by atoms with Gasteiger partial charge in [-0.2, -0.15) is 10.1 Å². The molecule has 176 valence electrons. The molecule has 14 heteroatoms. The van der Waals surface area contributed by atoms with Crippen molar-refractivity contribution in [2.45, 2.75) is 31.5 Å². The Morgan fingerprint density at radius 2 is 2.18 bits per heavy atom. The van der Waals surface area contributed by atoms with Crippen LogP contribution in [0.15, 0.2) is 32.6 Å². The number of hydrazone groups is 1. The molecule has 13 nitrogen and oxygen atoms in total. The maximum absolute atomic E-state index is 12.4. The summed E-state index contributed by atoms with van der Waals surface area (Å²) in [5.74, 6) is 0.424. The highest BCUT2D eigenvalue weighted by Gasteiger charge is 2.45. The van der Waals surface area contributed by atoms with E-state index in [1.54, 1.807) is 12.1 Å². The summed E-state index contributed by atoms with van der Waals surface area (Å²) in [6.45, 7) is 1.80. The van der Waals surface area contributed by atoms with Crippen molar-refractivity contribution in [1.29, 1.82) is 0 Å². The first-order valence-electron chi connectivity index (χ1n) is 9.95. The fourth-order valence-electron chi connectivity index (χ4n) is 3.48. The number of hydrogen-bond acceptors (Lipinski definition) is 11. The number of rotatable bonds is 7. The molecular weight excluding hydrogens is 502 g/mol. The Labute approximate surface area is 195 Å². The zero-order chi connectivity index (χ0) is 23.7. The molecule has 33 heavy (non-hydrogen) atoms. The van der Waals surface area contributed by atoms with Crippen LogP contribution in [-0.4, -0.2) is 72.6 Å². The highest BCUT2D eigenvalue weighted by Crippen LogP contribution is 2.34. The van der Waals surface area contributed by atoms with E-state index in [2.05, 4.69) is 41.4 Å². The minimum atomic E-state index is -1.44. The van der Waals surface area contributed by atoms with Crippen LogP contribution in [0.5, 0.6) is 5.75 Å². The number of nitrogens with two attached hydrogens (primary N) is 1. The van der Waals surface area contributed by atoms with Gasteiger partial charge in [0.05, 0.1) is 19.4 Å². The molecule has 0 radical (unpaired) electrons. The van der Waals surface area contributed by atoms with Crippen LogP contribution in [0, 0.1) is 0 Å². The van der Waals surface area contributed by atoms with Gasteiger partial charge < -0.3 is 30.5 Å². The lowest BCUT2D eigenvalue weighted by atomic mass is 10.1. The van der Waals surface area contributed by atoms with Crippen molar-refractivity contribution in [3.05, 3.63) is 38.6 Å². The summed E-state index contributed by atoms with van der Waals surface area (Å²) in [5, 5.41) is 34.3. The molecule has 1 saturated heterocycles. The van der Waals surface area contributed by atoms with Crippen molar-refractivity contribution in [2.75, 3.05) is 24.4 Å². The molecule has 0 amide bonds. The average Bonchev–Trinajstić information content (AvgIpc) is 3.27. The fraction of sp³-hybridized carbons (Fsp3) is 0.368. The first kappa shape index (κ1) is 23.1. The molecule has 0 aliphatic carbocycles. The Balaban J connectivity index is 1.75. The summed E-state index contributed by atoms with van der Waals surface area (Å²) in [7, 11) is 0. The van der Waals surface area contributed by atoms with Crippen molar-refractivity contribution in [1.82, 2.24) is 19.5 Å². The van der Waals surface area contributed by atoms with E-state index in [-0.39, 0.29) is 23.1 Å². The normalized spacial score (nSPS) is 22.9. The van der Waals surface area contributed by atoms with Gasteiger partial charge in [-0.3, -0.25) is 14.3 Å². The highest BCUT2D eigenvalue weighted by molar-refractivity contribution is 9.10. The van der Waals surface area contributed by atoms with Crippen LogP contribution in [0.3, 0.4) is 0 Å². The number of nitrogens with zero attached hydrogens (tertiary/aromatic N) is 4. The Bertz CT molecular complexity index is 1250. The number of halogens is 1. The summed E-state index contributed by atoms with van der Waals surface area (Å²) in [6.07, 6.45) is -3.60. The Morgan fingerprint density at radius 1 is 1.39 bits per heavy atom. The average molecular weight is 524 g/mol. The van der Waals surface area contributed by atoms with E-state index in [1.807, 2.05) is 13.0 Å². The van der Waals surface area contributed by atoms with Crippen LogP contribution >= 0.6 is 15.9 Å². The van der Waals surface area contributed by atoms with Crippen LogP contribution < -0.4 is 21.5 Å². The third-order valence-corrected chi connectivity index (χ3v) is 5.47. The van der Waals surface area contributed by atoms with Crippen molar-refractivity contribution >= 4 is 45.2 Å². The van der Waals surface area contributed by atoms with Crippen molar-refractivity contribution in [3.63, 3.8) is 0 Å². The number of nitrogens with one attached hydrogen (secondary N) is 2. The first-order valence-corrected chi connectivity index (χ1v) is 10.7. The van der Waals surface area contributed by atoms with E-state index in [4.69, 9.17) is 15.2 Å². The van der Waals surface area contributed by atoms with Gasteiger partial charge in [-0.1, -0.05) is 15.9 Å². The SMILES string of the molecule is CCOc1ccc(Br)cc1/C=N\Nc1nc2c(=O)[nH]c(N)nc2n1[C@@H]1O[C@H](CO)[C@H](O)[C@@H]1O. The zero-order valence-corrected chi connectivity index (χ0v) is 18.9. The number of aliphatic hydroxyl groups excluding tert-OH is 3. The van der Waals surface area contributed by atoms with Gasteiger partial charge in [0, 0.05) is 10.0 Å². The molecule has 7 N–H and O–H groups in total. The fourth-order valence-corrected chi connectivity index (χ4v) is 3.86. The number of aromatic amines is 1. The Kier molecular flexibility index (Phi) is 6.62. The maximum atomic E-state index is 12.4.